The summed E-state index contributed by atoms with van der Waals surface area (Å²) < 4.78 is 34.1. The zero-order valence-corrected chi connectivity index (χ0v) is 18.3. The van der Waals surface area contributed by atoms with Gasteiger partial charge >= 0.3 is 0 Å². The van der Waals surface area contributed by atoms with Crippen LogP contribution < -0.4 is 9.80 Å². The number of morpholine rings is 2. The Hall–Kier alpha value is -1.20. The highest BCUT2D eigenvalue weighted by molar-refractivity contribution is 5.00. The van der Waals surface area contributed by atoms with Crippen LogP contribution >= 0.6 is 0 Å². The molecule has 0 bridgehead atoms. The molecular weight excluding hydrogens is 388 g/mol. The largest absolute Gasteiger partial charge is 0.370 e. The van der Waals surface area contributed by atoms with Crippen LogP contribution in [0, 0.1) is 23.7 Å². The Labute approximate surface area is 180 Å². The minimum absolute atomic E-state index is 0.283. The van der Waals surface area contributed by atoms with Crippen LogP contribution in [0.15, 0.2) is 0 Å². The Morgan fingerprint density at radius 1 is 0.667 bits per heavy atom. The summed E-state index contributed by atoms with van der Waals surface area (Å²) >= 11 is 0. The molecular formula is C22H36N2O6+2. The summed E-state index contributed by atoms with van der Waals surface area (Å²) in [6.45, 7) is 13.9. The van der Waals surface area contributed by atoms with E-state index in [2.05, 4.69) is 23.7 Å². The molecule has 3 aliphatic rings. The van der Waals surface area contributed by atoms with Gasteiger partial charge < -0.3 is 38.2 Å². The first-order valence-electron chi connectivity index (χ1n) is 10.9. The van der Waals surface area contributed by atoms with Crippen molar-refractivity contribution < 1.29 is 38.2 Å². The van der Waals surface area contributed by atoms with E-state index >= 15 is 0 Å². The molecule has 0 aromatic carbocycles. The second-order valence-electron chi connectivity index (χ2n) is 8.21. The first-order chi connectivity index (χ1) is 14.6. The van der Waals surface area contributed by atoms with Crippen LogP contribution in [0.3, 0.4) is 0 Å². The van der Waals surface area contributed by atoms with E-state index in [4.69, 9.17) is 28.4 Å². The van der Waals surface area contributed by atoms with Crippen LogP contribution in [-0.2, 0) is 28.4 Å². The first kappa shape index (κ1) is 23.5. The average molecular weight is 425 g/mol. The molecule has 0 unspecified atom stereocenters. The van der Waals surface area contributed by atoms with Crippen molar-refractivity contribution in [1.82, 2.24) is 0 Å². The molecule has 2 N–H and O–H groups in total. The van der Waals surface area contributed by atoms with E-state index in [0.29, 0.717) is 13.2 Å². The lowest BCUT2D eigenvalue weighted by atomic mass is 10.2. The highest BCUT2D eigenvalue weighted by Crippen LogP contribution is 2.26. The predicted molar refractivity (Wildman–Crippen MR) is 109 cm³/mol. The SMILES string of the molecule is C[C@@]1(OCC#CC[NH+]2CCOCC2)CO[C@](C)(OCC#CC[NH+]2CCOCC2)CO1. The van der Waals surface area contributed by atoms with Crippen LogP contribution in [-0.4, -0.2) is 104 Å². The van der Waals surface area contributed by atoms with Crippen molar-refractivity contribution in [3.63, 3.8) is 0 Å². The highest BCUT2D eigenvalue weighted by Gasteiger charge is 2.40. The van der Waals surface area contributed by atoms with Crippen molar-refractivity contribution in [1.29, 1.82) is 0 Å². The van der Waals surface area contributed by atoms with Crippen LogP contribution in [0.25, 0.3) is 0 Å². The molecule has 8 nitrogen and oxygen atoms in total. The van der Waals surface area contributed by atoms with Gasteiger partial charge in [-0.3, -0.25) is 0 Å². The van der Waals surface area contributed by atoms with Gasteiger partial charge in [0.25, 0.3) is 0 Å². The molecule has 8 heteroatoms. The second kappa shape index (κ2) is 12.0. The van der Waals surface area contributed by atoms with E-state index in [-0.39, 0.29) is 13.2 Å². The lowest BCUT2D eigenvalue weighted by Gasteiger charge is -2.41. The predicted octanol–water partition coefficient (Wildman–Crippen LogP) is -2.66. The molecule has 0 aromatic heterocycles. The van der Waals surface area contributed by atoms with Crippen molar-refractivity contribution in [3.05, 3.63) is 0 Å². The fraction of sp³-hybridized carbons (Fsp3) is 0.818. The van der Waals surface area contributed by atoms with Gasteiger partial charge in [-0.05, 0) is 25.7 Å². The normalized spacial score (nSPS) is 30.7. The summed E-state index contributed by atoms with van der Waals surface area (Å²) in [6, 6.07) is 0. The molecule has 3 fully saturated rings. The highest BCUT2D eigenvalue weighted by atomic mass is 16.8. The second-order valence-corrected chi connectivity index (χ2v) is 8.21. The van der Waals surface area contributed by atoms with E-state index in [9.17, 15) is 0 Å². The molecule has 3 rings (SSSR count). The lowest BCUT2D eigenvalue weighted by Crippen LogP contribution is -3.14. The van der Waals surface area contributed by atoms with E-state index < -0.39 is 11.6 Å². The number of ether oxygens (including phenoxy) is 6. The van der Waals surface area contributed by atoms with Gasteiger partial charge in [-0.15, -0.1) is 0 Å². The van der Waals surface area contributed by atoms with Crippen LogP contribution in [0.4, 0.5) is 0 Å². The zero-order chi connectivity index (χ0) is 21.1. The quantitative estimate of drug-likeness (QED) is 0.454. The molecule has 0 aliphatic carbocycles. The molecule has 30 heavy (non-hydrogen) atoms. The van der Waals surface area contributed by atoms with Gasteiger partial charge in [0.05, 0.1) is 26.4 Å². The van der Waals surface area contributed by atoms with E-state index in [1.165, 1.54) is 9.80 Å². The molecule has 168 valence electrons. The number of rotatable bonds is 6. The standard InChI is InChI=1S/C22H34N2O6/c1-21(27-13-5-3-7-23-9-15-25-16-10-23)19-30-22(2,20-29-21)28-14-6-4-8-24-11-17-26-18-12-24/h7-20H2,1-2H3/p+2/t21-,22-/m0/s1. The topological polar surface area (TPSA) is 64.3 Å². The van der Waals surface area contributed by atoms with E-state index in [1.807, 2.05) is 13.8 Å². The minimum Gasteiger partial charge on any atom is -0.370 e. The molecule has 0 spiro atoms. The Morgan fingerprint density at radius 2 is 1.07 bits per heavy atom. The van der Waals surface area contributed by atoms with Gasteiger partial charge in [0.1, 0.15) is 65.7 Å². The molecule has 0 saturated carbocycles. The molecule has 0 amide bonds. The summed E-state index contributed by atoms with van der Waals surface area (Å²) in [6.07, 6.45) is 0. The summed E-state index contributed by atoms with van der Waals surface area (Å²) in [5, 5.41) is 0. The molecule has 2 atom stereocenters. The maximum absolute atomic E-state index is 5.90. The summed E-state index contributed by atoms with van der Waals surface area (Å²) in [5.74, 6) is 10.9. The Kier molecular flexibility index (Phi) is 9.38. The number of nitrogens with one attached hydrogen (secondary N) is 2. The Morgan fingerprint density at radius 3 is 1.43 bits per heavy atom. The number of hydrogen-bond donors (Lipinski definition) is 2. The maximum atomic E-state index is 5.90. The van der Waals surface area contributed by atoms with Gasteiger partial charge in [-0.25, -0.2) is 0 Å². The molecule has 0 radical (unpaired) electrons. The summed E-state index contributed by atoms with van der Waals surface area (Å²) in [4.78, 5) is 2.92. The van der Waals surface area contributed by atoms with Gasteiger partial charge in [-0.1, -0.05) is 11.8 Å². The van der Waals surface area contributed by atoms with Gasteiger partial charge in [0, 0.05) is 0 Å². The third kappa shape index (κ3) is 8.14. The van der Waals surface area contributed by atoms with Crippen molar-refractivity contribution >= 4 is 0 Å². The number of quaternary nitrogens is 2. The molecule has 3 aliphatic heterocycles. The third-order valence-corrected chi connectivity index (χ3v) is 5.51. The van der Waals surface area contributed by atoms with Crippen molar-refractivity contribution in [2.24, 2.45) is 0 Å². The number of hydrogen-bond acceptors (Lipinski definition) is 6. The van der Waals surface area contributed by atoms with Crippen molar-refractivity contribution in [3.8, 4) is 23.7 Å². The lowest BCUT2D eigenvalue weighted by molar-refractivity contribution is -0.900. The first-order valence-corrected chi connectivity index (χ1v) is 10.9. The Bertz CT molecular complexity index is 573. The fourth-order valence-corrected chi connectivity index (χ4v) is 3.35. The van der Waals surface area contributed by atoms with Gasteiger partial charge in [0.15, 0.2) is 11.6 Å². The average Bonchev–Trinajstić information content (AvgIpc) is 2.77. The van der Waals surface area contributed by atoms with E-state index in [0.717, 1.165) is 65.7 Å². The molecule has 3 saturated heterocycles. The van der Waals surface area contributed by atoms with Crippen LogP contribution in [0.1, 0.15) is 13.8 Å². The summed E-state index contributed by atoms with van der Waals surface area (Å²) in [7, 11) is 0. The molecule has 3 heterocycles. The van der Waals surface area contributed by atoms with Crippen molar-refractivity contribution in [2.45, 2.75) is 25.4 Å². The van der Waals surface area contributed by atoms with E-state index in [1.54, 1.807) is 0 Å². The minimum atomic E-state index is -0.811. The third-order valence-electron chi connectivity index (χ3n) is 5.51. The van der Waals surface area contributed by atoms with Gasteiger partial charge in [0.2, 0.25) is 0 Å². The van der Waals surface area contributed by atoms with Gasteiger partial charge in [-0.2, -0.15) is 0 Å². The van der Waals surface area contributed by atoms with Crippen LogP contribution in [0.5, 0.6) is 0 Å². The maximum Gasteiger partial charge on any atom is 0.190 e. The molecule has 0 aromatic rings. The fourth-order valence-electron chi connectivity index (χ4n) is 3.35. The monoisotopic (exact) mass is 424 g/mol. The van der Waals surface area contributed by atoms with Crippen molar-refractivity contribution in [2.75, 3.05) is 92.1 Å². The van der Waals surface area contributed by atoms with Crippen LogP contribution in [0.2, 0.25) is 0 Å². The Balaban J connectivity index is 1.29. The smallest absolute Gasteiger partial charge is 0.190 e. The summed E-state index contributed by atoms with van der Waals surface area (Å²) in [5.41, 5.74) is 0. The zero-order valence-electron chi connectivity index (χ0n) is 18.3.